The highest BCUT2D eigenvalue weighted by molar-refractivity contribution is 5.97. The average Bonchev–Trinajstić information content (AvgIpc) is 2.36. The lowest BCUT2D eigenvalue weighted by molar-refractivity contribution is 0.0888. The number of allylic oxidation sites excluding steroid dienone is 1. The second-order valence-electron chi connectivity index (χ2n) is 5.83. The SMILES string of the molecule is C=CCCC(C)(C)CC(C)C(=O)c1ccccc1. The van der Waals surface area contributed by atoms with Crippen LogP contribution in [0.2, 0.25) is 0 Å². The fraction of sp³-hybridized carbons (Fsp3) is 0.471. The summed E-state index contributed by atoms with van der Waals surface area (Å²) in [6.45, 7) is 10.2. The van der Waals surface area contributed by atoms with Gasteiger partial charge in [0.25, 0.3) is 0 Å². The summed E-state index contributed by atoms with van der Waals surface area (Å²) in [6.07, 6.45) is 4.97. The molecule has 0 radical (unpaired) electrons. The monoisotopic (exact) mass is 244 g/mol. The van der Waals surface area contributed by atoms with Crippen molar-refractivity contribution in [3.63, 3.8) is 0 Å². The van der Waals surface area contributed by atoms with Crippen molar-refractivity contribution in [2.75, 3.05) is 0 Å². The van der Waals surface area contributed by atoms with Crippen molar-refractivity contribution in [2.45, 2.75) is 40.0 Å². The molecule has 0 fully saturated rings. The van der Waals surface area contributed by atoms with Crippen LogP contribution in [-0.4, -0.2) is 5.78 Å². The molecule has 0 bridgehead atoms. The molecular weight excluding hydrogens is 220 g/mol. The van der Waals surface area contributed by atoms with Crippen LogP contribution in [0.4, 0.5) is 0 Å². The van der Waals surface area contributed by atoms with E-state index in [4.69, 9.17) is 0 Å². The first-order valence-corrected chi connectivity index (χ1v) is 6.66. The van der Waals surface area contributed by atoms with Gasteiger partial charge in [0.2, 0.25) is 0 Å². The number of carbonyl (C=O) groups excluding carboxylic acids is 1. The van der Waals surface area contributed by atoms with Crippen LogP contribution < -0.4 is 0 Å². The molecule has 0 spiro atoms. The average molecular weight is 244 g/mol. The minimum atomic E-state index is 0.0761. The molecule has 0 saturated heterocycles. The third-order valence-electron chi connectivity index (χ3n) is 3.39. The number of carbonyl (C=O) groups is 1. The van der Waals surface area contributed by atoms with Gasteiger partial charge in [0.05, 0.1) is 0 Å². The molecular formula is C17H24O. The highest BCUT2D eigenvalue weighted by Crippen LogP contribution is 2.32. The molecule has 18 heavy (non-hydrogen) atoms. The van der Waals surface area contributed by atoms with Gasteiger partial charge in [0.1, 0.15) is 0 Å². The maximum Gasteiger partial charge on any atom is 0.165 e. The molecule has 1 heteroatoms. The van der Waals surface area contributed by atoms with Crippen LogP contribution in [0.5, 0.6) is 0 Å². The summed E-state index contributed by atoms with van der Waals surface area (Å²) in [5.41, 5.74) is 1.02. The lowest BCUT2D eigenvalue weighted by Gasteiger charge is -2.27. The van der Waals surface area contributed by atoms with Gasteiger partial charge in [-0.05, 0) is 24.7 Å². The van der Waals surface area contributed by atoms with E-state index >= 15 is 0 Å². The first kappa shape index (κ1) is 14.7. The van der Waals surface area contributed by atoms with E-state index in [1.807, 2.05) is 43.3 Å². The second kappa shape index (κ2) is 6.53. The normalized spacial score (nSPS) is 13.1. The van der Waals surface area contributed by atoms with E-state index < -0.39 is 0 Å². The van der Waals surface area contributed by atoms with Crippen molar-refractivity contribution < 1.29 is 4.79 Å². The molecule has 1 unspecified atom stereocenters. The molecule has 1 aromatic carbocycles. The second-order valence-corrected chi connectivity index (χ2v) is 5.83. The lowest BCUT2D eigenvalue weighted by Crippen LogP contribution is -2.21. The Hall–Kier alpha value is -1.37. The van der Waals surface area contributed by atoms with E-state index in [9.17, 15) is 4.79 Å². The number of Topliss-reactive ketones (excluding diaryl/α,β-unsaturated/α-hetero) is 1. The standard InChI is InChI=1S/C17H24O/c1-5-6-12-17(3,4)13-14(2)16(18)15-10-8-7-9-11-15/h5,7-11,14H,1,6,12-13H2,2-4H3. The Morgan fingerprint density at radius 3 is 2.50 bits per heavy atom. The zero-order chi connectivity index (χ0) is 13.6. The molecule has 0 saturated carbocycles. The van der Waals surface area contributed by atoms with Crippen molar-refractivity contribution >= 4 is 5.78 Å². The summed E-state index contributed by atoms with van der Waals surface area (Å²) in [4.78, 5) is 12.3. The largest absolute Gasteiger partial charge is 0.294 e. The van der Waals surface area contributed by atoms with Gasteiger partial charge in [-0.25, -0.2) is 0 Å². The Morgan fingerprint density at radius 2 is 1.94 bits per heavy atom. The molecule has 0 aliphatic carbocycles. The van der Waals surface area contributed by atoms with Crippen molar-refractivity contribution in [1.29, 1.82) is 0 Å². The molecule has 0 N–H and O–H groups in total. The molecule has 98 valence electrons. The van der Waals surface area contributed by atoms with Gasteiger partial charge in [-0.1, -0.05) is 57.2 Å². The fourth-order valence-electron chi connectivity index (χ4n) is 2.40. The zero-order valence-electron chi connectivity index (χ0n) is 11.8. The third kappa shape index (κ3) is 4.48. The lowest BCUT2D eigenvalue weighted by atomic mass is 9.77. The summed E-state index contributed by atoms with van der Waals surface area (Å²) in [5.74, 6) is 0.328. The first-order chi connectivity index (χ1) is 8.46. The molecule has 0 amide bonds. The summed E-state index contributed by atoms with van der Waals surface area (Å²) in [7, 11) is 0. The fourth-order valence-corrected chi connectivity index (χ4v) is 2.40. The first-order valence-electron chi connectivity index (χ1n) is 6.66. The van der Waals surface area contributed by atoms with Crippen molar-refractivity contribution in [2.24, 2.45) is 11.3 Å². The smallest absolute Gasteiger partial charge is 0.165 e. The summed E-state index contributed by atoms with van der Waals surface area (Å²) >= 11 is 0. The number of ketones is 1. The molecule has 1 aromatic rings. The molecule has 0 aliphatic rings. The summed E-state index contributed by atoms with van der Waals surface area (Å²) in [6, 6.07) is 9.58. The van der Waals surface area contributed by atoms with E-state index in [1.165, 1.54) is 0 Å². The number of hydrogen-bond acceptors (Lipinski definition) is 1. The number of benzene rings is 1. The zero-order valence-corrected chi connectivity index (χ0v) is 11.8. The van der Waals surface area contributed by atoms with E-state index in [0.29, 0.717) is 0 Å². The predicted molar refractivity (Wildman–Crippen MR) is 77.8 cm³/mol. The Kier molecular flexibility index (Phi) is 5.33. The van der Waals surface area contributed by atoms with Crippen LogP contribution in [0, 0.1) is 11.3 Å². The Morgan fingerprint density at radius 1 is 1.33 bits per heavy atom. The van der Waals surface area contributed by atoms with Crippen LogP contribution in [0.3, 0.4) is 0 Å². The van der Waals surface area contributed by atoms with Crippen LogP contribution in [0.15, 0.2) is 43.0 Å². The number of hydrogen-bond donors (Lipinski definition) is 0. The van der Waals surface area contributed by atoms with Crippen molar-refractivity contribution in [3.05, 3.63) is 48.6 Å². The molecule has 0 aliphatic heterocycles. The third-order valence-corrected chi connectivity index (χ3v) is 3.39. The maximum absolute atomic E-state index is 12.3. The quantitative estimate of drug-likeness (QED) is 0.493. The minimum absolute atomic E-state index is 0.0761. The molecule has 1 nitrogen and oxygen atoms in total. The summed E-state index contributed by atoms with van der Waals surface area (Å²) < 4.78 is 0. The van der Waals surface area contributed by atoms with Gasteiger partial charge >= 0.3 is 0 Å². The van der Waals surface area contributed by atoms with Crippen LogP contribution >= 0.6 is 0 Å². The van der Waals surface area contributed by atoms with Gasteiger partial charge in [-0.2, -0.15) is 0 Å². The van der Waals surface area contributed by atoms with E-state index in [0.717, 1.165) is 24.8 Å². The highest BCUT2D eigenvalue weighted by Gasteiger charge is 2.24. The summed E-state index contributed by atoms with van der Waals surface area (Å²) in [5, 5.41) is 0. The molecule has 1 atom stereocenters. The topological polar surface area (TPSA) is 17.1 Å². The Balaban J connectivity index is 2.62. The van der Waals surface area contributed by atoms with Gasteiger partial charge in [0.15, 0.2) is 5.78 Å². The number of rotatable bonds is 7. The van der Waals surface area contributed by atoms with Crippen LogP contribution in [0.1, 0.15) is 50.4 Å². The molecule has 0 heterocycles. The highest BCUT2D eigenvalue weighted by atomic mass is 16.1. The Bertz CT molecular complexity index is 389. The minimum Gasteiger partial charge on any atom is -0.294 e. The van der Waals surface area contributed by atoms with Gasteiger partial charge < -0.3 is 0 Å². The van der Waals surface area contributed by atoms with E-state index in [-0.39, 0.29) is 17.1 Å². The van der Waals surface area contributed by atoms with Crippen molar-refractivity contribution in [3.8, 4) is 0 Å². The van der Waals surface area contributed by atoms with Gasteiger partial charge in [-0.15, -0.1) is 6.58 Å². The van der Waals surface area contributed by atoms with Crippen molar-refractivity contribution in [1.82, 2.24) is 0 Å². The van der Waals surface area contributed by atoms with Gasteiger partial charge in [-0.3, -0.25) is 4.79 Å². The van der Waals surface area contributed by atoms with Crippen LogP contribution in [0.25, 0.3) is 0 Å². The van der Waals surface area contributed by atoms with Gasteiger partial charge in [0, 0.05) is 11.5 Å². The van der Waals surface area contributed by atoms with E-state index in [2.05, 4.69) is 20.4 Å². The molecule has 1 rings (SSSR count). The van der Waals surface area contributed by atoms with E-state index in [1.54, 1.807) is 0 Å². The molecule has 0 aromatic heterocycles. The van der Waals surface area contributed by atoms with Crippen LogP contribution in [-0.2, 0) is 0 Å². The maximum atomic E-state index is 12.3. The predicted octanol–water partition coefficient (Wildman–Crippen LogP) is 4.89. The Labute approximate surface area is 111 Å².